The smallest absolute Gasteiger partial charge is 0.0639 e. The topological polar surface area (TPSA) is 21.3 Å². The van der Waals surface area contributed by atoms with E-state index in [1.165, 1.54) is 38.6 Å². The van der Waals surface area contributed by atoms with Crippen LogP contribution in [0.15, 0.2) is 0 Å². The highest BCUT2D eigenvalue weighted by Gasteiger charge is 2.62. The molecule has 2 saturated heterocycles. The third-order valence-corrected chi connectivity index (χ3v) is 4.60. The molecule has 1 saturated carbocycles. The molecule has 3 fully saturated rings. The van der Waals surface area contributed by atoms with Crippen LogP contribution in [0.4, 0.5) is 0 Å². The van der Waals surface area contributed by atoms with Crippen molar-refractivity contribution in [2.75, 3.05) is 13.1 Å². The van der Waals surface area contributed by atoms with E-state index < -0.39 is 0 Å². The second-order valence-corrected chi connectivity index (χ2v) is 5.30. The summed E-state index contributed by atoms with van der Waals surface area (Å²) in [4.78, 5) is 0. The fourth-order valence-electron chi connectivity index (χ4n) is 3.63. The van der Waals surface area contributed by atoms with Crippen molar-refractivity contribution >= 4 is 0 Å². The molecule has 1 N–H and O–H groups in total. The molecule has 4 atom stereocenters. The molecular weight excluding hydrogens is 174 g/mol. The molecule has 14 heavy (non-hydrogen) atoms. The quantitative estimate of drug-likeness (QED) is 0.743. The molecule has 0 aromatic heterocycles. The maximum atomic E-state index is 6.06. The van der Waals surface area contributed by atoms with E-state index in [1.807, 2.05) is 0 Å². The monoisotopic (exact) mass is 195 g/mol. The van der Waals surface area contributed by atoms with Gasteiger partial charge in [0, 0.05) is 5.41 Å². The second kappa shape index (κ2) is 3.21. The molecule has 2 bridgehead atoms. The maximum Gasteiger partial charge on any atom is 0.0639 e. The number of fused-ring (bicyclic) bond motifs is 3. The van der Waals surface area contributed by atoms with Crippen LogP contribution in [0.1, 0.15) is 39.0 Å². The van der Waals surface area contributed by atoms with E-state index in [0.29, 0.717) is 17.6 Å². The summed E-state index contributed by atoms with van der Waals surface area (Å²) in [5.41, 5.74) is 0.620. The SMILES string of the molecule is CCNCC1CC12CCC1CCC2O1. The van der Waals surface area contributed by atoms with Gasteiger partial charge >= 0.3 is 0 Å². The Morgan fingerprint density at radius 3 is 3.14 bits per heavy atom. The van der Waals surface area contributed by atoms with Crippen LogP contribution >= 0.6 is 0 Å². The van der Waals surface area contributed by atoms with Crippen LogP contribution in [-0.2, 0) is 4.74 Å². The molecule has 0 amide bonds. The Bertz CT molecular complexity index is 230. The molecule has 4 unspecified atom stereocenters. The lowest BCUT2D eigenvalue weighted by Crippen LogP contribution is -2.32. The van der Waals surface area contributed by atoms with Gasteiger partial charge in [-0.1, -0.05) is 6.92 Å². The van der Waals surface area contributed by atoms with Crippen LogP contribution in [0.5, 0.6) is 0 Å². The molecule has 0 aromatic rings. The predicted octanol–water partition coefficient (Wildman–Crippen LogP) is 1.94. The molecule has 2 heterocycles. The van der Waals surface area contributed by atoms with E-state index in [0.717, 1.165) is 12.5 Å². The Hall–Kier alpha value is -0.0800. The summed E-state index contributed by atoms with van der Waals surface area (Å²) in [6.45, 7) is 4.53. The Kier molecular flexibility index (Phi) is 2.10. The van der Waals surface area contributed by atoms with Gasteiger partial charge in [0.15, 0.2) is 0 Å². The van der Waals surface area contributed by atoms with Crippen molar-refractivity contribution in [2.45, 2.75) is 51.2 Å². The molecule has 0 aromatic carbocycles. The minimum Gasteiger partial charge on any atom is -0.374 e. The van der Waals surface area contributed by atoms with Crippen molar-refractivity contribution in [3.05, 3.63) is 0 Å². The Morgan fingerprint density at radius 1 is 1.36 bits per heavy atom. The summed E-state index contributed by atoms with van der Waals surface area (Å²) >= 11 is 0. The van der Waals surface area contributed by atoms with E-state index in [1.54, 1.807) is 0 Å². The number of nitrogens with one attached hydrogen (secondary N) is 1. The zero-order valence-electron chi connectivity index (χ0n) is 9.09. The third-order valence-electron chi connectivity index (χ3n) is 4.60. The lowest BCUT2D eigenvalue weighted by molar-refractivity contribution is -0.0485. The maximum absolute atomic E-state index is 6.06. The van der Waals surface area contributed by atoms with Gasteiger partial charge in [-0.25, -0.2) is 0 Å². The van der Waals surface area contributed by atoms with Crippen LogP contribution in [0.3, 0.4) is 0 Å². The number of ether oxygens (including phenoxy) is 1. The fraction of sp³-hybridized carbons (Fsp3) is 1.00. The molecule has 80 valence electrons. The number of rotatable bonds is 3. The number of hydrogen-bond donors (Lipinski definition) is 1. The Balaban J connectivity index is 1.62. The average molecular weight is 195 g/mol. The van der Waals surface area contributed by atoms with Crippen molar-refractivity contribution < 1.29 is 4.74 Å². The zero-order chi connectivity index (χ0) is 9.60. The summed E-state index contributed by atoms with van der Waals surface area (Å²) in [5.74, 6) is 0.923. The first-order valence-electron chi connectivity index (χ1n) is 6.21. The van der Waals surface area contributed by atoms with Gasteiger partial charge in [0.05, 0.1) is 12.2 Å². The predicted molar refractivity (Wildman–Crippen MR) is 56.2 cm³/mol. The summed E-state index contributed by atoms with van der Waals surface area (Å²) < 4.78 is 6.06. The van der Waals surface area contributed by atoms with Crippen molar-refractivity contribution in [2.24, 2.45) is 11.3 Å². The fourth-order valence-corrected chi connectivity index (χ4v) is 3.63. The molecular formula is C12H21NO. The van der Waals surface area contributed by atoms with Crippen molar-refractivity contribution in [3.63, 3.8) is 0 Å². The highest BCUT2D eigenvalue weighted by molar-refractivity contribution is 5.11. The normalized spacial score (nSPS) is 49.9. The van der Waals surface area contributed by atoms with Gasteiger partial charge in [0.1, 0.15) is 0 Å². The average Bonchev–Trinajstić information content (AvgIpc) is 2.75. The molecule has 2 heteroatoms. The van der Waals surface area contributed by atoms with Gasteiger partial charge in [0.25, 0.3) is 0 Å². The molecule has 2 aliphatic heterocycles. The minimum absolute atomic E-state index is 0.620. The van der Waals surface area contributed by atoms with Gasteiger partial charge in [-0.3, -0.25) is 0 Å². The van der Waals surface area contributed by atoms with E-state index >= 15 is 0 Å². The number of hydrogen-bond acceptors (Lipinski definition) is 2. The molecule has 3 rings (SSSR count). The summed E-state index contributed by atoms with van der Waals surface area (Å²) in [5, 5.41) is 3.48. The van der Waals surface area contributed by atoms with Gasteiger partial charge in [-0.15, -0.1) is 0 Å². The highest BCUT2D eigenvalue weighted by Crippen LogP contribution is 2.64. The van der Waals surface area contributed by atoms with Crippen molar-refractivity contribution in [3.8, 4) is 0 Å². The Labute approximate surface area is 86.4 Å². The van der Waals surface area contributed by atoms with E-state index in [9.17, 15) is 0 Å². The summed E-state index contributed by atoms with van der Waals surface area (Å²) in [6.07, 6.45) is 8.14. The van der Waals surface area contributed by atoms with Crippen molar-refractivity contribution in [1.82, 2.24) is 5.32 Å². The van der Waals surface area contributed by atoms with Crippen LogP contribution in [0, 0.1) is 11.3 Å². The van der Waals surface area contributed by atoms with Crippen LogP contribution < -0.4 is 5.32 Å². The third kappa shape index (κ3) is 1.24. The highest BCUT2D eigenvalue weighted by atomic mass is 16.5. The first-order valence-corrected chi connectivity index (χ1v) is 6.21. The van der Waals surface area contributed by atoms with E-state index in [4.69, 9.17) is 4.74 Å². The molecule has 1 spiro atoms. The van der Waals surface area contributed by atoms with Gasteiger partial charge in [0.2, 0.25) is 0 Å². The molecule has 2 nitrogen and oxygen atoms in total. The molecule has 1 aliphatic carbocycles. The minimum atomic E-state index is 0.620. The van der Waals surface area contributed by atoms with Gasteiger partial charge < -0.3 is 10.1 Å². The largest absolute Gasteiger partial charge is 0.374 e. The van der Waals surface area contributed by atoms with Crippen LogP contribution in [-0.4, -0.2) is 25.3 Å². The lowest BCUT2D eigenvalue weighted by atomic mass is 9.89. The standard InChI is InChI=1S/C12H21NO/c1-2-13-8-9-7-12(9)6-5-10-3-4-11(12)14-10/h9-11,13H,2-8H2,1H3. The zero-order valence-corrected chi connectivity index (χ0v) is 9.09. The van der Waals surface area contributed by atoms with E-state index in [-0.39, 0.29) is 0 Å². The van der Waals surface area contributed by atoms with Gasteiger partial charge in [-0.05, 0) is 51.1 Å². The van der Waals surface area contributed by atoms with E-state index in [2.05, 4.69) is 12.2 Å². The lowest BCUT2D eigenvalue weighted by Gasteiger charge is -2.30. The summed E-state index contributed by atoms with van der Waals surface area (Å²) in [7, 11) is 0. The van der Waals surface area contributed by atoms with Crippen molar-refractivity contribution in [1.29, 1.82) is 0 Å². The molecule has 3 aliphatic rings. The summed E-state index contributed by atoms with van der Waals surface area (Å²) in [6, 6.07) is 0. The van der Waals surface area contributed by atoms with Crippen LogP contribution in [0.2, 0.25) is 0 Å². The van der Waals surface area contributed by atoms with Gasteiger partial charge in [-0.2, -0.15) is 0 Å². The first kappa shape index (κ1) is 9.17. The molecule has 0 radical (unpaired) electrons. The Morgan fingerprint density at radius 2 is 2.29 bits per heavy atom. The van der Waals surface area contributed by atoms with Crippen LogP contribution in [0.25, 0.3) is 0 Å². The second-order valence-electron chi connectivity index (χ2n) is 5.30. The first-order chi connectivity index (χ1) is 6.85.